The van der Waals surface area contributed by atoms with Crippen LogP contribution in [0.4, 0.5) is 0 Å². The van der Waals surface area contributed by atoms with E-state index in [9.17, 15) is 14.4 Å². The Kier molecular flexibility index (Phi) is 9.02. The van der Waals surface area contributed by atoms with E-state index in [0.717, 1.165) is 16.7 Å². The van der Waals surface area contributed by atoms with Crippen LogP contribution in [-0.4, -0.2) is 56.5 Å². The van der Waals surface area contributed by atoms with Gasteiger partial charge in [0.2, 0.25) is 5.91 Å². The van der Waals surface area contributed by atoms with Crippen LogP contribution in [0, 0.1) is 0 Å². The Morgan fingerprint density at radius 1 is 0.974 bits per heavy atom. The molecule has 4 rings (SSSR count). The van der Waals surface area contributed by atoms with Crippen LogP contribution in [0.2, 0.25) is 0 Å². The van der Waals surface area contributed by atoms with Crippen molar-refractivity contribution in [3.63, 3.8) is 0 Å². The van der Waals surface area contributed by atoms with Gasteiger partial charge in [-0.25, -0.2) is 0 Å². The van der Waals surface area contributed by atoms with E-state index >= 15 is 0 Å². The van der Waals surface area contributed by atoms with E-state index < -0.39 is 5.41 Å². The number of nitrogens with zero attached hydrogens (tertiary/aromatic N) is 1. The molecule has 0 fully saturated rings. The largest absolute Gasteiger partial charge is 0.496 e. The van der Waals surface area contributed by atoms with Crippen LogP contribution in [0.25, 0.3) is 0 Å². The van der Waals surface area contributed by atoms with E-state index in [1.165, 1.54) is 7.11 Å². The lowest BCUT2D eigenvalue weighted by Crippen LogP contribution is -2.45. The number of likely N-dealkylation sites (N-methyl/N-ethyl adjacent to an activating group) is 1. The van der Waals surface area contributed by atoms with Gasteiger partial charge in [-0.15, -0.1) is 0 Å². The molecule has 3 aromatic rings. The van der Waals surface area contributed by atoms with Gasteiger partial charge in [-0.05, 0) is 55.0 Å². The van der Waals surface area contributed by atoms with Gasteiger partial charge in [0, 0.05) is 20.1 Å². The van der Waals surface area contributed by atoms with Crippen LogP contribution in [0.5, 0.6) is 5.75 Å². The minimum atomic E-state index is -0.952. The van der Waals surface area contributed by atoms with E-state index in [2.05, 4.69) is 5.32 Å². The van der Waals surface area contributed by atoms with Gasteiger partial charge in [0.05, 0.1) is 25.2 Å². The summed E-state index contributed by atoms with van der Waals surface area (Å²) in [4.78, 5) is 41.4. The lowest BCUT2D eigenvalue weighted by atomic mass is 9.63. The van der Waals surface area contributed by atoms with Crippen molar-refractivity contribution in [1.82, 2.24) is 10.2 Å². The van der Waals surface area contributed by atoms with Crippen LogP contribution < -0.4 is 10.1 Å². The molecule has 1 aliphatic carbocycles. The number of methoxy groups -OCH3 is 1. The zero-order valence-electron chi connectivity index (χ0n) is 22.8. The number of fused-ring (bicyclic) bond motifs is 1. The van der Waals surface area contributed by atoms with Crippen molar-refractivity contribution in [2.45, 2.75) is 37.5 Å². The molecule has 7 nitrogen and oxygen atoms in total. The molecule has 1 aliphatic rings. The summed E-state index contributed by atoms with van der Waals surface area (Å²) >= 11 is 0. The van der Waals surface area contributed by atoms with Gasteiger partial charge in [0.1, 0.15) is 11.2 Å². The molecule has 204 valence electrons. The molecular weight excluding hydrogens is 492 g/mol. The van der Waals surface area contributed by atoms with Crippen LogP contribution in [0.15, 0.2) is 78.9 Å². The number of nitrogens with one attached hydrogen (secondary N) is 1. The minimum absolute atomic E-state index is 0.00373. The Balaban J connectivity index is 1.47. The number of hydrogen-bond donors (Lipinski definition) is 1. The third-order valence-electron chi connectivity index (χ3n) is 7.48. The molecular formula is C32H36N2O5. The molecule has 1 N–H and O–H groups in total. The summed E-state index contributed by atoms with van der Waals surface area (Å²) < 4.78 is 10.9. The van der Waals surface area contributed by atoms with E-state index in [4.69, 9.17) is 9.47 Å². The second-order valence-corrected chi connectivity index (χ2v) is 9.74. The predicted molar refractivity (Wildman–Crippen MR) is 150 cm³/mol. The van der Waals surface area contributed by atoms with Gasteiger partial charge in [-0.2, -0.15) is 0 Å². The van der Waals surface area contributed by atoms with Crippen molar-refractivity contribution in [3.8, 4) is 5.75 Å². The highest BCUT2D eigenvalue weighted by Gasteiger charge is 2.49. The summed E-state index contributed by atoms with van der Waals surface area (Å²) in [5.41, 5.74) is 2.10. The van der Waals surface area contributed by atoms with E-state index in [-0.39, 0.29) is 30.3 Å². The zero-order chi connectivity index (χ0) is 27.8. The summed E-state index contributed by atoms with van der Waals surface area (Å²) in [6.45, 7) is 3.01. The van der Waals surface area contributed by atoms with Gasteiger partial charge in [-0.1, -0.05) is 66.7 Å². The fraction of sp³-hybridized carbons (Fsp3) is 0.344. The second-order valence-electron chi connectivity index (χ2n) is 9.74. The lowest BCUT2D eigenvalue weighted by molar-refractivity contribution is -0.149. The summed E-state index contributed by atoms with van der Waals surface area (Å²) in [6.07, 6.45) is 1.61. The summed E-state index contributed by atoms with van der Waals surface area (Å²) in [6, 6.07) is 24.5. The van der Waals surface area contributed by atoms with Crippen LogP contribution >= 0.6 is 0 Å². The molecule has 2 atom stereocenters. The fourth-order valence-corrected chi connectivity index (χ4v) is 5.53. The maximum Gasteiger partial charge on any atom is 0.321 e. The summed E-state index contributed by atoms with van der Waals surface area (Å²) in [5, 5.41) is 2.91. The monoisotopic (exact) mass is 528 g/mol. The molecule has 0 spiro atoms. The Labute approximate surface area is 230 Å². The lowest BCUT2D eigenvalue weighted by Gasteiger charge is -2.41. The van der Waals surface area contributed by atoms with Gasteiger partial charge in [0.15, 0.2) is 0 Å². The molecule has 3 aromatic carbocycles. The first-order chi connectivity index (χ1) is 18.9. The number of rotatable bonds is 10. The van der Waals surface area contributed by atoms with Crippen molar-refractivity contribution >= 4 is 17.8 Å². The van der Waals surface area contributed by atoms with Crippen LogP contribution in [-0.2, 0) is 19.7 Å². The van der Waals surface area contributed by atoms with E-state index in [1.54, 1.807) is 30.1 Å². The molecule has 0 aromatic heterocycles. The van der Waals surface area contributed by atoms with Gasteiger partial charge < -0.3 is 19.7 Å². The zero-order valence-corrected chi connectivity index (χ0v) is 22.8. The Morgan fingerprint density at radius 3 is 2.41 bits per heavy atom. The summed E-state index contributed by atoms with van der Waals surface area (Å²) in [5.74, 6) is -0.329. The minimum Gasteiger partial charge on any atom is -0.496 e. The maximum absolute atomic E-state index is 13.6. The molecule has 0 heterocycles. The van der Waals surface area contributed by atoms with E-state index in [1.807, 2.05) is 67.6 Å². The van der Waals surface area contributed by atoms with Crippen molar-refractivity contribution in [1.29, 1.82) is 0 Å². The number of hydrogen-bond acceptors (Lipinski definition) is 5. The van der Waals surface area contributed by atoms with Gasteiger partial charge >= 0.3 is 5.97 Å². The highest BCUT2D eigenvalue weighted by Crippen LogP contribution is 2.48. The number of esters is 1. The molecule has 39 heavy (non-hydrogen) atoms. The Morgan fingerprint density at radius 2 is 1.67 bits per heavy atom. The first-order valence-electron chi connectivity index (χ1n) is 13.4. The second kappa shape index (κ2) is 12.6. The molecule has 7 heteroatoms. The highest BCUT2D eigenvalue weighted by molar-refractivity contribution is 5.97. The number of carbonyl (C=O) groups excluding carboxylic acids is 3. The summed E-state index contributed by atoms with van der Waals surface area (Å²) in [7, 11) is 3.32. The smallest absolute Gasteiger partial charge is 0.321 e. The predicted octanol–water partition coefficient (Wildman–Crippen LogP) is 4.70. The SMILES string of the molecule is CCOC(=O)[C@]1(c2ccccc2)CC[C@H](C(=O)N(C)CCCNC(=O)c2ccccc2OC)c2ccccc21. The molecule has 0 unspecified atom stereocenters. The Bertz CT molecular complexity index is 1310. The van der Waals surface area contributed by atoms with Crippen molar-refractivity contribution in [2.75, 3.05) is 33.9 Å². The molecule has 2 amide bonds. The molecule has 0 radical (unpaired) electrons. The standard InChI is InChI=1S/C32H36N2O5/c1-4-39-31(37)32(23-13-6-5-7-14-23)20-19-25(24-15-8-10-17-27(24)32)30(36)34(2)22-12-21-33-29(35)26-16-9-11-18-28(26)38-3/h5-11,13-18,25H,4,12,19-22H2,1-3H3,(H,33,35)/t25-,32-/m0/s1. The number of benzene rings is 3. The van der Waals surface area contributed by atoms with Gasteiger partial charge in [0.25, 0.3) is 5.91 Å². The fourth-order valence-electron chi connectivity index (χ4n) is 5.53. The number of carbonyl (C=O) groups is 3. The third-order valence-corrected chi connectivity index (χ3v) is 7.48. The maximum atomic E-state index is 13.6. The number of amides is 2. The quantitative estimate of drug-likeness (QED) is 0.305. The van der Waals surface area contributed by atoms with Crippen LogP contribution in [0.1, 0.15) is 59.2 Å². The van der Waals surface area contributed by atoms with Crippen molar-refractivity contribution in [3.05, 3.63) is 101 Å². The Hall–Kier alpha value is -4.13. The van der Waals surface area contributed by atoms with Gasteiger partial charge in [-0.3, -0.25) is 14.4 Å². The normalized spacial score (nSPS) is 18.0. The van der Waals surface area contributed by atoms with Crippen LogP contribution in [0.3, 0.4) is 0 Å². The average molecular weight is 529 g/mol. The topological polar surface area (TPSA) is 84.9 Å². The van der Waals surface area contributed by atoms with Crippen molar-refractivity contribution in [2.24, 2.45) is 0 Å². The average Bonchev–Trinajstić information content (AvgIpc) is 2.98. The highest BCUT2D eigenvalue weighted by atomic mass is 16.5. The molecule has 0 bridgehead atoms. The number of ether oxygens (including phenoxy) is 2. The molecule has 0 saturated heterocycles. The molecule has 0 aliphatic heterocycles. The molecule has 0 saturated carbocycles. The van der Waals surface area contributed by atoms with Crippen molar-refractivity contribution < 1.29 is 23.9 Å². The van der Waals surface area contributed by atoms with E-state index in [0.29, 0.717) is 43.7 Å². The first-order valence-corrected chi connectivity index (χ1v) is 13.4. The first kappa shape index (κ1) is 27.9. The number of para-hydroxylation sites is 1. The third kappa shape index (κ3) is 5.67.